The van der Waals surface area contributed by atoms with Crippen LogP contribution in [0.1, 0.15) is 25.7 Å². The summed E-state index contributed by atoms with van der Waals surface area (Å²) in [5, 5.41) is 5.92. The predicted octanol–water partition coefficient (Wildman–Crippen LogP) is 3.39. The topological polar surface area (TPSA) is 29.9 Å². The Morgan fingerprint density at radius 2 is 2.10 bits per heavy atom. The molecule has 106 valence electrons. The lowest BCUT2D eigenvalue weighted by molar-refractivity contribution is 0.407. The largest absolute Gasteiger partial charge is 0.329 e. The Bertz CT molecular complexity index is 540. The number of hydrogen-bond donors (Lipinski definition) is 1. The van der Waals surface area contributed by atoms with Crippen LogP contribution in [0.25, 0.3) is 10.7 Å². The van der Waals surface area contributed by atoms with Crippen molar-refractivity contribution in [2.75, 3.05) is 6.54 Å². The van der Waals surface area contributed by atoms with Gasteiger partial charge in [0.2, 0.25) is 0 Å². The van der Waals surface area contributed by atoms with Crippen LogP contribution in [0, 0.1) is 11.8 Å². The maximum atomic E-state index is 4.50. The molecule has 1 N–H and O–H groups in total. The Kier molecular flexibility index (Phi) is 3.36. The van der Waals surface area contributed by atoms with Crippen LogP contribution in [0.2, 0.25) is 0 Å². The van der Waals surface area contributed by atoms with E-state index in [2.05, 4.69) is 38.6 Å². The van der Waals surface area contributed by atoms with Gasteiger partial charge in [-0.15, -0.1) is 11.3 Å². The van der Waals surface area contributed by atoms with Gasteiger partial charge in [0.15, 0.2) is 0 Å². The second-order valence-corrected chi connectivity index (χ2v) is 7.02. The molecule has 0 unspecified atom stereocenters. The summed E-state index contributed by atoms with van der Waals surface area (Å²) in [6, 6.07) is 5.03. The molecule has 4 rings (SSSR count). The van der Waals surface area contributed by atoms with Crippen LogP contribution in [0.15, 0.2) is 29.9 Å². The van der Waals surface area contributed by atoms with Gasteiger partial charge in [0.1, 0.15) is 5.82 Å². The molecule has 2 aliphatic rings. The fourth-order valence-corrected chi connectivity index (χ4v) is 3.84. The Morgan fingerprint density at radius 3 is 2.75 bits per heavy atom. The van der Waals surface area contributed by atoms with Gasteiger partial charge >= 0.3 is 0 Å². The first-order valence-electron chi connectivity index (χ1n) is 7.70. The molecule has 0 bridgehead atoms. The highest BCUT2D eigenvalue weighted by Crippen LogP contribution is 2.44. The minimum Gasteiger partial charge on any atom is -0.329 e. The zero-order valence-electron chi connectivity index (χ0n) is 11.7. The van der Waals surface area contributed by atoms with Crippen molar-refractivity contribution in [3.8, 4) is 10.7 Å². The van der Waals surface area contributed by atoms with Crippen LogP contribution in [0.5, 0.6) is 0 Å². The van der Waals surface area contributed by atoms with Crippen molar-refractivity contribution >= 4 is 11.3 Å². The lowest BCUT2D eigenvalue weighted by atomic mass is 10.1. The lowest BCUT2D eigenvalue weighted by Gasteiger charge is -2.18. The van der Waals surface area contributed by atoms with Crippen LogP contribution in [-0.4, -0.2) is 22.1 Å². The summed E-state index contributed by atoms with van der Waals surface area (Å²) >= 11 is 1.76. The second-order valence-electron chi connectivity index (χ2n) is 6.08. The smallest absolute Gasteiger partial charge is 0.150 e. The van der Waals surface area contributed by atoms with Crippen molar-refractivity contribution in [2.45, 2.75) is 38.3 Å². The predicted molar refractivity (Wildman–Crippen MR) is 82.8 cm³/mol. The van der Waals surface area contributed by atoms with Crippen molar-refractivity contribution in [1.29, 1.82) is 0 Å². The van der Waals surface area contributed by atoms with Crippen LogP contribution in [-0.2, 0) is 6.54 Å². The van der Waals surface area contributed by atoms with E-state index in [1.54, 1.807) is 11.3 Å². The molecule has 0 atom stereocenters. The van der Waals surface area contributed by atoms with Crippen LogP contribution in [0.3, 0.4) is 0 Å². The normalized spacial score (nSPS) is 18.9. The first-order chi connectivity index (χ1) is 9.92. The van der Waals surface area contributed by atoms with Crippen LogP contribution < -0.4 is 5.32 Å². The van der Waals surface area contributed by atoms with Gasteiger partial charge < -0.3 is 9.88 Å². The first kappa shape index (κ1) is 12.6. The number of nitrogens with one attached hydrogen (secondary N) is 1. The Hall–Kier alpha value is -1.13. The molecule has 2 saturated carbocycles. The van der Waals surface area contributed by atoms with Gasteiger partial charge in [-0.2, -0.15) is 0 Å². The summed E-state index contributed by atoms with van der Waals surface area (Å²) in [7, 11) is 0. The lowest BCUT2D eigenvalue weighted by Crippen LogP contribution is -2.35. The third-order valence-corrected chi connectivity index (χ3v) is 5.32. The average molecular weight is 287 g/mol. The number of aromatic nitrogens is 2. The number of nitrogens with zero attached hydrogens (tertiary/aromatic N) is 2. The molecule has 0 aliphatic heterocycles. The molecule has 0 radical (unpaired) electrons. The fraction of sp³-hybridized carbons (Fsp3) is 0.562. The van der Waals surface area contributed by atoms with Gasteiger partial charge in [-0.25, -0.2) is 4.98 Å². The third-order valence-electron chi connectivity index (χ3n) is 4.45. The monoisotopic (exact) mass is 287 g/mol. The van der Waals surface area contributed by atoms with Crippen molar-refractivity contribution in [3.05, 3.63) is 29.9 Å². The molecule has 2 fully saturated rings. The second kappa shape index (κ2) is 5.34. The molecule has 2 aromatic rings. The van der Waals surface area contributed by atoms with Gasteiger partial charge in [-0.1, -0.05) is 6.07 Å². The van der Waals surface area contributed by atoms with E-state index < -0.39 is 0 Å². The summed E-state index contributed by atoms with van der Waals surface area (Å²) < 4.78 is 2.27. The van der Waals surface area contributed by atoms with E-state index in [0.717, 1.165) is 36.8 Å². The maximum absolute atomic E-state index is 4.50. The Labute approximate surface area is 124 Å². The van der Waals surface area contributed by atoms with Gasteiger partial charge in [0.05, 0.1) is 4.88 Å². The molecule has 0 spiro atoms. The van der Waals surface area contributed by atoms with E-state index in [1.807, 2.05) is 6.20 Å². The summed E-state index contributed by atoms with van der Waals surface area (Å²) in [6.45, 7) is 2.08. The molecule has 0 saturated heterocycles. The third kappa shape index (κ3) is 2.67. The van der Waals surface area contributed by atoms with Crippen molar-refractivity contribution < 1.29 is 0 Å². The van der Waals surface area contributed by atoms with E-state index >= 15 is 0 Å². The fourth-order valence-electron chi connectivity index (χ4n) is 3.10. The van der Waals surface area contributed by atoms with Gasteiger partial charge in [0, 0.05) is 31.5 Å². The summed E-state index contributed by atoms with van der Waals surface area (Å²) in [5.41, 5.74) is 0. The standard InChI is InChI=1S/C16H21N3S/c1-2-14(20-11-1)16-18-8-10-19(16)9-7-17-15(12-3-4-12)13-5-6-13/h1-2,8,10-13,15,17H,3-7,9H2. The summed E-state index contributed by atoms with van der Waals surface area (Å²) in [4.78, 5) is 5.76. The quantitative estimate of drug-likeness (QED) is 0.846. The molecule has 3 nitrogen and oxygen atoms in total. The number of thiophene rings is 1. The van der Waals surface area contributed by atoms with E-state index in [4.69, 9.17) is 0 Å². The van der Waals surface area contributed by atoms with Crippen molar-refractivity contribution in [3.63, 3.8) is 0 Å². The number of imidazole rings is 1. The minimum absolute atomic E-state index is 0.795. The molecular formula is C16H21N3S. The zero-order chi connectivity index (χ0) is 13.4. The molecule has 4 heteroatoms. The molecule has 2 aliphatic carbocycles. The Morgan fingerprint density at radius 1 is 1.30 bits per heavy atom. The molecule has 2 aromatic heterocycles. The highest BCUT2D eigenvalue weighted by Gasteiger charge is 2.40. The highest BCUT2D eigenvalue weighted by molar-refractivity contribution is 7.13. The van der Waals surface area contributed by atoms with Gasteiger partial charge in [-0.3, -0.25) is 0 Å². The first-order valence-corrected chi connectivity index (χ1v) is 8.58. The van der Waals surface area contributed by atoms with Crippen LogP contribution in [0.4, 0.5) is 0 Å². The SMILES string of the molecule is c1csc(-c2nccn2CCNC(C2CC2)C2CC2)c1. The van der Waals surface area contributed by atoms with Crippen molar-refractivity contribution in [2.24, 2.45) is 11.8 Å². The molecule has 0 aromatic carbocycles. The molecular weight excluding hydrogens is 266 g/mol. The van der Waals surface area contributed by atoms with Gasteiger partial charge in [-0.05, 0) is 49.0 Å². The number of hydrogen-bond acceptors (Lipinski definition) is 3. The van der Waals surface area contributed by atoms with Gasteiger partial charge in [0.25, 0.3) is 0 Å². The maximum Gasteiger partial charge on any atom is 0.150 e. The van der Waals surface area contributed by atoms with E-state index in [9.17, 15) is 0 Å². The highest BCUT2D eigenvalue weighted by atomic mass is 32.1. The average Bonchev–Trinajstić information content (AvgIpc) is 3.37. The molecule has 20 heavy (non-hydrogen) atoms. The summed E-state index contributed by atoms with van der Waals surface area (Å²) in [5.74, 6) is 3.06. The van der Waals surface area contributed by atoms with E-state index in [-0.39, 0.29) is 0 Å². The number of rotatable bonds is 7. The molecule has 0 amide bonds. The van der Waals surface area contributed by atoms with Crippen molar-refractivity contribution in [1.82, 2.24) is 14.9 Å². The van der Waals surface area contributed by atoms with E-state index in [1.165, 1.54) is 30.6 Å². The van der Waals surface area contributed by atoms with Crippen LogP contribution >= 0.6 is 11.3 Å². The molecule has 2 heterocycles. The summed E-state index contributed by atoms with van der Waals surface area (Å²) in [6.07, 6.45) is 9.78. The van der Waals surface area contributed by atoms with E-state index in [0.29, 0.717) is 0 Å². The Balaban J connectivity index is 1.36. The minimum atomic E-state index is 0.795. The zero-order valence-corrected chi connectivity index (χ0v) is 12.5.